The van der Waals surface area contributed by atoms with Gasteiger partial charge in [0.2, 0.25) is 0 Å². The summed E-state index contributed by atoms with van der Waals surface area (Å²) in [5.41, 5.74) is 0.0161. The number of sulfone groups is 1. The normalized spacial score (nSPS) is 31.5. The molecule has 1 aromatic rings. The number of ether oxygens (including phenoxy) is 1. The van der Waals surface area contributed by atoms with E-state index < -0.39 is 39.5 Å². The summed E-state index contributed by atoms with van der Waals surface area (Å²) in [6.07, 6.45) is 0.729. The van der Waals surface area contributed by atoms with E-state index >= 15 is 0 Å². The summed E-state index contributed by atoms with van der Waals surface area (Å²) in [6.45, 7) is 0.494. The van der Waals surface area contributed by atoms with Crippen molar-refractivity contribution in [3.63, 3.8) is 0 Å². The third kappa shape index (κ3) is 3.25. The smallest absolute Gasteiger partial charge is 0.277 e. The predicted molar refractivity (Wildman–Crippen MR) is 94.1 cm³/mol. The predicted octanol–water partition coefficient (Wildman–Crippen LogP) is 1.75. The molecule has 140 valence electrons. The first-order valence-corrected chi connectivity index (χ1v) is 10.9. The number of aliphatic imine (C=N–C) groups is 1. The summed E-state index contributed by atoms with van der Waals surface area (Å²) < 4.78 is 56.9. The first-order valence-electron chi connectivity index (χ1n) is 8.19. The maximum absolute atomic E-state index is 14.4. The van der Waals surface area contributed by atoms with E-state index in [0.29, 0.717) is 13.0 Å². The van der Waals surface area contributed by atoms with Crippen LogP contribution in [0.5, 0.6) is 0 Å². The summed E-state index contributed by atoms with van der Waals surface area (Å²) in [4.78, 5) is 17.9. The Kier molecular flexibility index (Phi) is 4.52. The fraction of sp³-hybridized carbons (Fsp3) is 0.500. The number of carbonyl (C=O) groups is 1. The van der Waals surface area contributed by atoms with Crippen molar-refractivity contribution in [3.05, 3.63) is 29.8 Å². The molecule has 3 aliphatic heterocycles. The Morgan fingerprint density at radius 1 is 1.31 bits per heavy atom. The Balaban J connectivity index is 1.72. The van der Waals surface area contributed by atoms with Crippen molar-refractivity contribution in [3.8, 4) is 0 Å². The van der Waals surface area contributed by atoms with Crippen LogP contribution in [-0.4, -0.2) is 55.0 Å². The fourth-order valence-electron chi connectivity index (χ4n) is 3.46. The van der Waals surface area contributed by atoms with Gasteiger partial charge in [-0.1, -0.05) is 11.8 Å². The molecule has 1 aromatic carbocycles. The summed E-state index contributed by atoms with van der Waals surface area (Å²) in [5, 5.41) is -0.110. The van der Waals surface area contributed by atoms with Gasteiger partial charge in [0.25, 0.3) is 5.91 Å². The molecule has 1 amide bonds. The molecule has 3 fully saturated rings. The van der Waals surface area contributed by atoms with Crippen LogP contribution in [0.15, 0.2) is 23.2 Å². The molecule has 0 spiro atoms. The van der Waals surface area contributed by atoms with Crippen LogP contribution in [0.2, 0.25) is 0 Å². The van der Waals surface area contributed by atoms with Crippen molar-refractivity contribution in [1.82, 2.24) is 0 Å². The maximum Gasteiger partial charge on any atom is 0.277 e. The van der Waals surface area contributed by atoms with Gasteiger partial charge in [-0.3, -0.25) is 4.79 Å². The van der Waals surface area contributed by atoms with E-state index in [0.717, 1.165) is 30.3 Å². The van der Waals surface area contributed by atoms with Crippen LogP contribution in [0.1, 0.15) is 12.8 Å². The molecule has 0 aromatic heterocycles. The van der Waals surface area contributed by atoms with Crippen LogP contribution < -0.4 is 4.90 Å². The molecule has 3 saturated heterocycles. The number of amides is 1. The minimum absolute atomic E-state index is 0.0161. The second-order valence-corrected chi connectivity index (χ2v) is 9.86. The number of fused-ring (bicyclic) bond motifs is 1. The van der Waals surface area contributed by atoms with Gasteiger partial charge in [-0.15, -0.1) is 0 Å². The maximum atomic E-state index is 14.4. The molecular weight excluding hydrogens is 386 g/mol. The van der Waals surface area contributed by atoms with Gasteiger partial charge in [-0.05, 0) is 25.0 Å². The number of benzene rings is 1. The first kappa shape index (κ1) is 17.9. The number of carbonyl (C=O) groups excluding carboxylic acids is 1. The highest BCUT2D eigenvalue weighted by Gasteiger charge is 2.50. The molecule has 0 unspecified atom stereocenters. The third-order valence-corrected chi connectivity index (χ3v) is 7.86. The van der Waals surface area contributed by atoms with Gasteiger partial charge >= 0.3 is 0 Å². The van der Waals surface area contributed by atoms with Gasteiger partial charge in [-0.25, -0.2) is 17.2 Å². The molecule has 0 saturated carbocycles. The third-order valence-electron chi connectivity index (χ3n) is 4.65. The number of rotatable bonds is 2. The van der Waals surface area contributed by atoms with Crippen LogP contribution in [0.3, 0.4) is 0 Å². The molecule has 0 radical (unpaired) electrons. The lowest BCUT2D eigenvalue weighted by Crippen LogP contribution is -2.38. The Morgan fingerprint density at radius 3 is 2.81 bits per heavy atom. The lowest BCUT2D eigenvalue weighted by Gasteiger charge is -2.25. The topological polar surface area (TPSA) is 76.0 Å². The molecule has 0 aliphatic carbocycles. The van der Waals surface area contributed by atoms with Gasteiger partial charge in [0.1, 0.15) is 17.7 Å². The number of anilines is 1. The summed E-state index contributed by atoms with van der Waals surface area (Å²) in [5.74, 6) is -2.24. The van der Waals surface area contributed by atoms with Crippen LogP contribution in [0.4, 0.5) is 14.5 Å². The lowest BCUT2D eigenvalue weighted by atomic mass is 10.2. The molecule has 10 heteroatoms. The van der Waals surface area contributed by atoms with E-state index in [2.05, 4.69) is 4.99 Å². The minimum Gasteiger partial charge on any atom is -0.368 e. The van der Waals surface area contributed by atoms with E-state index in [1.807, 2.05) is 0 Å². The summed E-state index contributed by atoms with van der Waals surface area (Å²) >= 11 is 1.15. The van der Waals surface area contributed by atoms with E-state index in [9.17, 15) is 22.0 Å². The lowest BCUT2D eigenvalue weighted by molar-refractivity contribution is -0.126. The highest BCUT2D eigenvalue weighted by molar-refractivity contribution is 8.16. The zero-order chi connectivity index (χ0) is 18.5. The van der Waals surface area contributed by atoms with Crippen LogP contribution in [0, 0.1) is 11.6 Å². The molecule has 3 heterocycles. The second kappa shape index (κ2) is 6.58. The molecule has 6 nitrogen and oxygen atoms in total. The summed E-state index contributed by atoms with van der Waals surface area (Å²) in [7, 11) is -3.26. The van der Waals surface area contributed by atoms with Crippen LogP contribution in [0.25, 0.3) is 0 Å². The molecule has 3 atom stereocenters. The number of nitrogens with zero attached hydrogens (tertiary/aromatic N) is 2. The fourth-order valence-corrected chi connectivity index (χ4v) is 7.37. The standard InChI is InChI=1S/C16H16F2N2O4S2/c17-9-3-4-11(10(18)6-9)20-12-7-26(22,23)8-14(12)25-16(20)19-15(21)13-2-1-5-24-13/h3-4,6,12-14H,1-2,5,7-8H2/t12-,13-,14-/m1/s1. The highest BCUT2D eigenvalue weighted by Crippen LogP contribution is 2.42. The molecule has 26 heavy (non-hydrogen) atoms. The number of thioether (sulfide) groups is 1. The highest BCUT2D eigenvalue weighted by atomic mass is 32.2. The number of amidine groups is 1. The molecular formula is C16H16F2N2O4S2. The van der Waals surface area contributed by atoms with Crippen molar-refractivity contribution in [2.75, 3.05) is 23.0 Å². The van der Waals surface area contributed by atoms with Crippen molar-refractivity contribution in [2.24, 2.45) is 4.99 Å². The SMILES string of the molecule is O=C(N=C1S[C@@H]2CS(=O)(=O)C[C@H]2N1c1ccc(F)cc1F)[C@H]1CCCO1. The Morgan fingerprint density at radius 2 is 2.12 bits per heavy atom. The van der Waals surface area contributed by atoms with Gasteiger partial charge in [0.15, 0.2) is 15.0 Å². The van der Waals surface area contributed by atoms with E-state index in [-0.39, 0.29) is 27.6 Å². The molecule has 0 bridgehead atoms. The second-order valence-electron chi connectivity index (χ2n) is 6.50. The van der Waals surface area contributed by atoms with Gasteiger partial charge < -0.3 is 9.64 Å². The summed E-state index contributed by atoms with van der Waals surface area (Å²) in [6, 6.07) is 2.53. The van der Waals surface area contributed by atoms with Crippen LogP contribution >= 0.6 is 11.8 Å². The van der Waals surface area contributed by atoms with E-state index in [1.165, 1.54) is 11.0 Å². The first-order chi connectivity index (χ1) is 12.3. The number of hydrogen-bond acceptors (Lipinski definition) is 5. The molecule has 0 N–H and O–H groups in total. The van der Waals surface area contributed by atoms with E-state index in [1.54, 1.807) is 0 Å². The molecule has 4 rings (SSSR count). The van der Waals surface area contributed by atoms with E-state index in [4.69, 9.17) is 4.74 Å². The van der Waals surface area contributed by atoms with Crippen LogP contribution in [-0.2, 0) is 19.4 Å². The average Bonchev–Trinajstić information content (AvgIpc) is 3.23. The van der Waals surface area contributed by atoms with Crippen molar-refractivity contribution in [1.29, 1.82) is 0 Å². The van der Waals surface area contributed by atoms with Crippen molar-refractivity contribution >= 4 is 38.4 Å². The quantitative estimate of drug-likeness (QED) is 0.750. The Bertz CT molecular complexity index is 884. The van der Waals surface area contributed by atoms with Crippen molar-refractivity contribution < 1.29 is 26.7 Å². The average molecular weight is 402 g/mol. The van der Waals surface area contributed by atoms with Gasteiger partial charge in [0, 0.05) is 17.9 Å². The zero-order valence-corrected chi connectivity index (χ0v) is 15.2. The van der Waals surface area contributed by atoms with Gasteiger partial charge in [-0.2, -0.15) is 4.99 Å². The molecule has 3 aliphatic rings. The van der Waals surface area contributed by atoms with Crippen molar-refractivity contribution in [2.45, 2.75) is 30.2 Å². The largest absolute Gasteiger partial charge is 0.368 e. The minimum atomic E-state index is -3.26. The number of halogens is 2. The Labute approximate surface area is 153 Å². The zero-order valence-electron chi connectivity index (χ0n) is 13.6. The Hall–Kier alpha value is -1.52. The number of hydrogen-bond donors (Lipinski definition) is 0. The van der Waals surface area contributed by atoms with Gasteiger partial charge in [0.05, 0.1) is 23.2 Å². The monoisotopic (exact) mass is 402 g/mol.